The van der Waals surface area contributed by atoms with Crippen molar-refractivity contribution < 1.29 is 32.3 Å². The van der Waals surface area contributed by atoms with Crippen LogP contribution in [0.5, 0.6) is 17.2 Å². The van der Waals surface area contributed by atoms with E-state index in [0.29, 0.717) is 38.3 Å². The SMILES string of the molecule is O=[N+]([O-])c1c(NCc2cccc(OC(F)(F)F)c2)ncnc1N1CCN(Cc2ccc3c(c2)OCO3)CC1. The zero-order chi connectivity index (χ0) is 26.7. The summed E-state index contributed by atoms with van der Waals surface area (Å²) < 4.78 is 52.3. The third kappa shape index (κ3) is 5.96. The Morgan fingerprint density at radius 3 is 2.58 bits per heavy atom. The Labute approximate surface area is 214 Å². The lowest BCUT2D eigenvalue weighted by atomic mass is 10.1. The van der Waals surface area contributed by atoms with Gasteiger partial charge in [-0.15, -0.1) is 13.2 Å². The average molecular weight is 532 g/mol. The van der Waals surface area contributed by atoms with E-state index in [0.717, 1.165) is 17.1 Å². The zero-order valence-electron chi connectivity index (χ0n) is 20.0. The third-order valence-corrected chi connectivity index (χ3v) is 6.09. The number of anilines is 2. The fraction of sp³-hybridized carbons (Fsp3) is 0.333. The lowest BCUT2D eigenvalue weighted by molar-refractivity contribution is -0.383. The van der Waals surface area contributed by atoms with Crippen molar-refractivity contribution in [2.45, 2.75) is 19.5 Å². The van der Waals surface area contributed by atoms with E-state index in [4.69, 9.17) is 9.47 Å². The first-order valence-corrected chi connectivity index (χ1v) is 11.7. The van der Waals surface area contributed by atoms with Crippen molar-refractivity contribution >= 4 is 17.3 Å². The summed E-state index contributed by atoms with van der Waals surface area (Å²) >= 11 is 0. The Hall–Kier alpha value is -4.33. The van der Waals surface area contributed by atoms with E-state index >= 15 is 0 Å². The summed E-state index contributed by atoms with van der Waals surface area (Å²) in [5.74, 6) is 1.22. The van der Waals surface area contributed by atoms with E-state index in [-0.39, 0.29) is 36.4 Å². The number of piperazine rings is 1. The number of halogens is 3. The fourth-order valence-electron chi connectivity index (χ4n) is 4.35. The molecule has 0 bridgehead atoms. The molecule has 0 amide bonds. The molecule has 38 heavy (non-hydrogen) atoms. The first-order chi connectivity index (χ1) is 18.2. The molecule has 5 rings (SSSR count). The molecule has 0 atom stereocenters. The van der Waals surface area contributed by atoms with E-state index < -0.39 is 11.3 Å². The minimum Gasteiger partial charge on any atom is -0.454 e. The highest BCUT2D eigenvalue weighted by Gasteiger charge is 2.31. The summed E-state index contributed by atoms with van der Waals surface area (Å²) in [7, 11) is 0. The molecule has 2 aliphatic rings. The second-order valence-electron chi connectivity index (χ2n) is 8.65. The Bertz CT molecular complexity index is 1320. The van der Waals surface area contributed by atoms with Gasteiger partial charge in [0.25, 0.3) is 0 Å². The van der Waals surface area contributed by atoms with Crippen LogP contribution in [-0.2, 0) is 13.1 Å². The van der Waals surface area contributed by atoms with E-state index in [1.807, 2.05) is 23.1 Å². The van der Waals surface area contributed by atoms with Gasteiger partial charge in [-0.2, -0.15) is 0 Å². The lowest BCUT2D eigenvalue weighted by Crippen LogP contribution is -2.46. The second kappa shape index (κ2) is 10.6. The van der Waals surface area contributed by atoms with Gasteiger partial charge in [-0.3, -0.25) is 15.0 Å². The highest BCUT2D eigenvalue weighted by atomic mass is 19.4. The van der Waals surface area contributed by atoms with E-state index in [2.05, 4.69) is 24.9 Å². The molecular weight excluding hydrogens is 509 g/mol. The van der Waals surface area contributed by atoms with Crippen LogP contribution in [-0.4, -0.2) is 59.1 Å². The highest BCUT2D eigenvalue weighted by Crippen LogP contribution is 2.34. The molecule has 0 aliphatic carbocycles. The minimum absolute atomic E-state index is 0.00430. The van der Waals surface area contributed by atoms with Crippen molar-refractivity contribution in [2.24, 2.45) is 0 Å². The van der Waals surface area contributed by atoms with E-state index in [1.165, 1.54) is 24.5 Å². The predicted octanol–water partition coefficient (Wildman–Crippen LogP) is 3.95. The third-order valence-electron chi connectivity index (χ3n) is 6.09. The number of rotatable bonds is 8. The van der Waals surface area contributed by atoms with Gasteiger partial charge in [0.15, 0.2) is 11.5 Å². The summed E-state index contributed by atoms with van der Waals surface area (Å²) in [5.41, 5.74) is 1.21. The molecule has 0 radical (unpaired) electrons. The Morgan fingerprint density at radius 2 is 1.82 bits per heavy atom. The van der Waals surface area contributed by atoms with Gasteiger partial charge in [0, 0.05) is 39.3 Å². The summed E-state index contributed by atoms with van der Waals surface area (Å²) in [6.07, 6.45) is -3.59. The molecule has 1 N–H and O–H groups in total. The smallest absolute Gasteiger partial charge is 0.454 e. The first-order valence-electron chi connectivity index (χ1n) is 11.7. The maximum absolute atomic E-state index is 12.5. The standard InChI is InChI=1S/C24H23F3N6O5/c25-24(26,27)38-18-3-1-2-16(10-18)12-28-22-21(33(34)35)23(30-14-29-22)32-8-6-31(7-9-32)13-17-4-5-19-20(11-17)37-15-36-19/h1-5,10-11,14H,6-9,12-13,15H2,(H,28,29,30). The van der Waals surface area contributed by atoms with Gasteiger partial charge >= 0.3 is 12.0 Å². The molecule has 2 aliphatic heterocycles. The fourth-order valence-corrected chi connectivity index (χ4v) is 4.35. The van der Waals surface area contributed by atoms with Gasteiger partial charge in [-0.1, -0.05) is 18.2 Å². The molecule has 3 heterocycles. The van der Waals surface area contributed by atoms with E-state index in [9.17, 15) is 23.3 Å². The maximum atomic E-state index is 12.5. The summed E-state index contributed by atoms with van der Waals surface area (Å²) in [6.45, 7) is 3.24. The van der Waals surface area contributed by atoms with Gasteiger partial charge in [-0.05, 0) is 35.4 Å². The van der Waals surface area contributed by atoms with Crippen LogP contribution in [0.25, 0.3) is 0 Å². The predicted molar refractivity (Wildman–Crippen MR) is 129 cm³/mol. The molecule has 14 heteroatoms. The van der Waals surface area contributed by atoms with Gasteiger partial charge in [-0.25, -0.2) is 9.97 Å². The number of nitrogens with one attached hydrogen (secondary N) is 1. The molecule has 1 aromatic heterocycles. The molecular formula is C24H23F3N6O5. The quantitative estimate of drug-likeness (QED) is 0.338. The number of nitrogens with zero attached hydrogens (tertiary/aromatic N) is 5. The van der Waals surface area contributed by atoms with Crippen LogP contribution >= 0.6 is 0 Å². The molecule has 2 aromatic carbocycles. The maximum Gasteiger partial charge on any atom is 0.573 e. The van der Waals surface area contributed by atoms with Crippen molar-refractivity contribution in [3.63, 3.8) is 0 Å². The monoisotopic (exact) mass is 532 g/mol. The summed E-state index contributed by atoms with van der Waals surface area (Å²) in [5, 5.41) is 14.8. The largest absolute Gasteiger partial charge is 0.573 e. The zero-order valence-corrected chi connectivity index (χ0v) is 20.0. The molecule has 0 spiro atoms. The minimum atomic E-state index is -4.82. The number of alkyl halides is 3. The van der Waals surface area contributed by atoms with Gasteiger partial charge in [0.2, 0.25) is 18.4 Å². The number of benzene rings is 2. The average Bonchev–Trinajstić information content (AvgIpc) is 3.35. The molecule has 3 aromatic rings. The Balaban J connectivity index is 1.24. The van der Waals surface area contributed by atoms with Crippen molar-refractivity contribution in [1.29, 1.82) is 0 Å². The van der Waals surface area contributed by atoms with Crippen molar-refractivity contribution in [2.75, 3.05) is 43.2 Å². The van der Waals surface area contributed by atoms with Crippen LogP contribution < -0.4 is 24.4 Å². The number of nitro groups is 1. The van der Waals surface area contributed by atoms with Crippen LogP contribution in [0, 0.1) is 10.1 Å². The molecule has 0 saturated carbocycles. The van der Waals surface area contributed by atoms with Crippen molar-refractivity contribution in [3.05, 3.63) is 70.0 Å². The highest BCUT2D eigenvalue weighted by molar-refractivity contribution is 5.70. The number of aromatic nitrogens is 2. The number of hydrogen-bond acceptors (Lipinski definition) is 10. The van der Waals surface area contributed by atoms with Gasteiger partial charge in [0.1, 0.15) is 12.1 Å². The van der Waals surface area contributed by atoms with Crippen LogP contribution in [0.1, 0.15) is 11.1 Å². The Kier molecular flexibility index (Phi) is 7.05. The van der Waals surface area contributed by atoms with Gasteiger partial charge in [0.05, 0.1) is 4.92 Å². The van der Waals surface area contributed by atoms with Gasteiger partial charge < -0.3 is 24.4 Å². The van der Waals surface area contributed by atoms with Crippen LogP contribution in [0.15, 0.2) is 48.8 Å². The van der Waals surface area contributed by atoms with Crippen LogP contribution in [0.4, 0.5) is 30.5 Å². The molecule has 1 saturated heterocycles. The summed E-state index contributed by atoms with van der Waals surface area (Å²) in [4.78, 5) is 23.7. The van der Waals surface area contributed by atoms with E-state index in [1.54, 1.807) is 6.07 Å². The lowest BCUT2D eigenvalue weighted by Gasteiger charge is -2.35. The topological polar surface area (TPSA) is 115 Å². The number of fused-ring (bicyclic) bond motifs is 1. The first kappa shape index (κ1) is 25.3. The summed E-state index contributed by atoms with van der Waals surface area (Å²) in [6, 6.07) is 11.2. The van der Waals surface area contributed by atoms with Crippen LogP contribution in [0.3, 0.4) is 0 Å². The van der Waals surface area contributed by atoms with Crippen LogP contribution in [0.2, 0.25) is 0 Å². The molecule has 1 fully saturated rings. The molecule has 11 nitrogen and oxygen atoms in total. The number of ether oxygens (including phenoxy) is 3. The second-order valence-corrected chi connectivity index (χ2v) is 8.65. The van der Waals surface area contributed by atoms with Crippen molar-refractivity contribution in [3.8, 4) is 17.2 Å². The molecule has 200 valence electrons. The normalized spacial score (nSPS) is 15.4. The molecule has 0 unspecified atom stereocenters. The Morgan fingerprint density at radius 1 is 1.03 bits per heavy atom. The van der Waals surface area contributed by atoms with Crippen molar-refractivity contribution in [1.82, 2.24) is 14.9 Å². The number of hydrogen-bond donors (Lipinski definition) is 1.